The van der Waals surface area contributed by atoms with Crippen molar-refractivity contribution in [2.45, 2.75) is 37.2 Å². The first-order valence-corrected chi connectivity index (χ1v) is 12.7. The van der Waals surface area contributed by atoms with E-state index in [1.54, 1.807) is 36.4 Å². The van der Waals surface area contributed by atoms with Crippen LogP contribution in [0.25, 0.3) is 0 Å². The Hall–Kier alpha value is -3.16. The van der Waals surface area contributed by atoms with Gasteiger partial charge in [-0.3, -0.25) is 14.4 Å². The van der Waals surface area contributed by atoms with E-state index in [-0.39, 0.29) is 10.8 Å². The molecule has 33 heavy (non-hydrogen) atoms. The van der Waals surface area contributed by atoms with Crippen LogP contribution >= 0.6 is 0 Å². The molecule has 6 nitrogen and oxygen atoms in total. The predicted octanol–water partition coefficient (Wildman–Crippen LogP) is 4.40. The van der Waals surface area contributed by atoms with E-state index in [9.17, 15) is 13.2 Å². The lowest BCUT2D eigenvalue weighted by Gasteiger charge is -2.26. The number of hydrogen-bond donors (Lipinski definition) is 2. The fourth-order valence-electron chi connectivity index (χ4n) is 3.96. The van der Waals surface area contributed by atoms with Crippen LogP contribution in [0.15, 0.2) is 83.8 Å². The van der Waals surface area contributed by atoms with Gasteiger partial charge in [0.25, 0.3) is 15.9 Å². The second-order valence-corrected chi connectivity index (χ2v) is 10.0. The fraction of sp³-hybridized carbons (Fsp3) is 0.269. The third-order valence-corrected chi connectivity index (χ3v) is 7.16. The summed E-state index contributed by atoms with van der Waals surface area (Å²) >= 11 is 0. The largest absolute Gasteiger partial charge is 0.348 e. The second-order valence-electron chi connectivity index (χ2n) is 8.34. The Morgan fingerprint density at radius 3 is 2.24 bits per heavy atom. The minimum atomic E-state index is -3.71. The molecule has 0 radical (unpaired) electrons. The van der Waals surface area contributed by atoms with Crippen LogP contribution in [0.3, 0.4) is 0 Å². The van der Waals surface area contributed by atoms with Crippen LogP contribution in [0, 0.1) is 0 Å². The maximum atomic E-state index is 12.6. The Morgan fingerprint density at radius 1 is 0.818 bits per heavy atom. The lowest BCUT2D eigenvalue weighted by atomic mass is 10.1. The van der Waals surface area contributed by atoms with E-state index in [1.165, 1.54) is 56.1 Å². The van der Waals surface area contributed by atoms with E-state index in [2.05, 4.69) is 27.1 Å². The lowest BCUT2D eigenvalue weighted by Crippen LogP contribution is -2.29. The van der Waals surface area contributed by atoms with Crippen LogP contribution in [-0.4, -0.2) is 32.3 Å². The van der Waals surface area contributed by atoms with E-state index < -0.39 is 10.0 Å². The van der Waals surface area contributed by atoms with Gasteiger partial charge < -0.3 is 5.32 Å². The molecule has 2 N–H and O–H groups in total. The van der Waals surface area contributed by atoms with Crippen LogP contribution in [0.1, 0.15) is 40.7 Å². The molecule has 1 aliphatic rings. The number of carbonyl (C=O) groups excluding carboxylic acids is 1. The van der Waals surface area contributed by atoms with Gasteiger partial charge in [0.05, 0.1) is 4.90 Å². The third kappa shape index (κ3) is 6.43. The molecule has 0 bridgehead atoms. The first kappa shape index (κ1) is 23.0. The van der Waals surface area contributed by atoms with Gasteiger partial charge in [0.15, 0.2) is 0 Å². The number of carbonyl (C=O) groups is 1. The number of likely N-dealkylation sites (tertiary alicyclic amines) is 1. The minimum Gasteiger partial charge on any atom is -0.348 e. The minimum absolute atomic E-state index is 0.170. The molecule has 0 unspecified atom stereocenters. The van der Waals surface area contributed by atoms with E-state index in [0.717, 1.165) is 12.1 Å². The highest BCUT2D eigenvalue weighted by atomic mass is 32.2. The Labute approximate surface area is 195 Å². The van der Waals surface area contributed by atoms with Gasteiger partial charge in [-0.2, -0.15) is 0 Å². The molecule has 3 aromatic rings. The second kappa shape index (κ2) is 10.6. The molecule has 3 aromatic carbocycles. The molecule has 4 rings (SSSR count). The number of benzene rings is 3. The van der Waals surface area contributed by atoms with Gasteiger partial charge in [-0.05, 0) is 67.4 Å². The van der Waals surface area contributed by atoms with E-state index >= 15 is 0 Å². The van der Waals surface area contributed by atoms with Crippen LogP contribution < -0.4 is 10.0 Å². The molecule has 1 amide bonds. The molecule has 7 heteroatoms. The average molecular weight is 464 g/mol. The zero-order valence-corrected chi connectivity index (χ0v) is 19.4. The summed E-state index contributed by atoms with van der Waals surface area (Å²) < 4.78 is 27.6. The summed E-state index contributed by atoms with van der Waals surface area (Å²) in [6, 6.07) is 23.0. The number of anilines is 1. The molecule has 0 spiro atoms. The van der Waals surface area contributed by atoms with Gasteiger partial charge in [0.1, 0.15) is 0 Å². The third-order valence-electron chi connectivity index (χ3n) is 5.76. The van der Waals surface area contributed by atoms with Crippen LogP contribution in [0.5, 0.6) is 0 Å². The highest BCUT2D eigenvalue weighted by molar-refractivity contribution is 7.92. The van der Waals surface area contributed by atoms with Crippen molar-refractivity contribution in [3.05, 3.63) is 95.6 Å². The van der Waals surface area contributed by atoms with Gasteiger partial charge in [-0.1, -0.05) is 55.0 Å². The lowest BCUT2D eigenvalue weighted by molar-refractivity contribution is 0.0951. The molecular formula is C26H29N3O3S. The van der Waals surface area contributed by atoms with Crippen LogP contribution in [0.4, 0.5) is 5.69 Å². The summed E-state index contributed by atoms with van der Waals surface area (Å²) in [5.41, 5.74) is 3.04. The number of hydrogen-bond acceptors (Lipinski definition) is 4. The monoisotopic (exact) mass is 463 g/mol. The number of nitrogens with zero attached hydrogens (tertiary/aromatic N) is 1. The number of sulfonamides is 1. The summed E-state index contributed by atoms with van der Waals surface area (Å²) in [5.74, 6) is -0.256. The molecular weight excluding hydrogens is 434 g/mol. The SMILES string of the molecule is O=C(NCc1ccc(CN2CCCCC2)cc1)c1cccc(NS(=O)(=O)c2ccccc2)c1. The molecule has 0 aromatic heterocycles. The van der Waals surface area contributed by atoms with E-state index in [1.807, 2.05) is 12.1 Å². The van der Waals surface area contributed by atoms with Crippen molar-refractivity contribution in [1.82, 2.24) is 10.2 Å². The van der Waals surface area contributed by atoms with Crippen molar-refractivity contribution in [3.63, 3.8) is 0 Å². The normalized spacial score (nSPS) is 14.5. The maximum Gasteiger partial charge on any atom is 0.261 e. The van der Waals surface area contributed by atoms with Crippen LogP contribution in [0.2, 0.25) is 0 Å². The van der Waals surface area contributed by atoms with Crippen molar-refractivity contribution in [3.8, 4) is 0 Å². The zero-order valence-electron chi connectivity index (χ0n) is 18.5. The van der Waals surface area contributed by atoms with Crippen molar-refractivity contribution >= 4 is 21.6 Å². The molecule has 0 saturated carbocycles. The van der Waals surface area contributed by atoms with Crippen molar-refractivity contribution in [1.29, 1.82) is 0 Å². The Bertz CT molecular complexity index is 1170. The fourth-order valence-corrected chi connectivity index (χ4v) is 5.03. The molecule has 0 aliphatic carbocycles. The van der Waals surface area contributed by atoms with Crippen molar-refractivity contribution in [2.24, 2.45) is 0 Å². The van der Waals surface area contributed by atoms with Gasteiger partial charge in [-0.15, -0.1) is 0 Å². The zero-order chi connectivity index (χ0) is 23.1. The van der Waals surface area contributed by atoms with Gasteiger partial charge >= 0.3 is 0 Å². The summed E-state index contributed by atoms with van der Waals surface area (Å²) in [6.07, 6.45) is 3.88. The topological polar surface area (TPSA) is 78.5 Å². The first-order chi connectivity index (χ1) is 16.0. The summed E-state index contributed by atoms with van der Waals surface area (Å²) in [6.45, 7) is 3.71. The highest BCUT2D eigenvalue weighted by Gasteiger charge is 2.15. The summed E-state index contributed by atoms with van der Waals surface area (Å²) in [4.78, 5) is 15.3. The predicted molar refractivity (Wildman–Crippen MR) is 130 cm³/mol. The number of piperidine rings is 1. The van der Waals surface area contributed by atoms with Crippen molar-refractivity contribution < 1.29 is 13.2 Å². The van der Waals surface area contributed by atoms with E-state index in [0.29, 0.717) is 17.8 Å². The molecule has 1 heterocycles. The average Bonchev–Trinajstić information content (AvgIpc) is 2.84. The number of amides is 1. The van der Waals surface area contributed by atoms with Crippen molar-refractivity contribution in [2.75, 3.05) is 17.8 Å². The Kier molecular flexibility index (Phi) is 7.42. The smallest absolute Gasteiger partial charge is 0.261 e. The maximum absolute atomic E-state index is 12.6. The summed E-state index contributed by atoms with van der Waals surface area (Å²) in [5, 5.41) is 2.91. The molecule has 172 valence electrons. The molecule has 1 aliphatic heterocycles. The first-order valence-electron chi connectivity index (χ1n) is 11.3. The van der Waals surface area contributed by atoms with Gasteiger partial charge in [0.2, 0.25) is 0 Å². The van der Waals surface area contributed by atoms with Gasteiger partial charge in [-0.25, -0.2) is 8.42 Å². The van der Waals surface area contributed by atoms with E-state index in [4.69, 9.17) is 0 Å². The molecule has 1 saturated heterocycles. The van der Waals surface area contributed by atoms with Gasteiger partial charge in [0, 0.05) is 24.3 Å². The highest BCUT2D eigenvalue weighted by Crippen LogP contribution is 2.18. The standard InChI is InChI=1S/C26H29N3O3S/c30-26(27-19-21-12-14-22(15-13-21)20-29-16-5-2-6-17-29)23-8-7-9-24(18-23)28-33(31,32)25-10-3-1-4-11-25/h1,3-4,7-15,18,28H,2,5-6,16-17,19-20H2,(H,27,30). The number of nitrogens with one attached hydrogen (secondary N) is 2. The Morgan fingerprint density at radius 2 is 1.52 bits per heavy atom. The summed E-state index contributed by atoms with van der Waals surface area (Å²) in [7, 11) is -3.71. The molecule has 1 fully saturated rings. The van der Waals surface area contributed by atoms with Crippen LogP contribution in [-0.2, 0) is 23.1 Å². The number of rotatable bonds is 8. The quantitative estimate of drug-likeness (QED) is 0.519. The molecule has 0 atom stereocenters. The Balaban J connectivity index is 1.33.